The lowest BCUT2D eigenvalue weighted by Crippen LogP contribution is -1.89. The Kier molecular flexibility index (Phi) is 3.34. The largest absolute Gasteiger partial charge is 0.205 e. The molecule has 1 aromatic carbocycles. The van der Waals surface area contributed by atoms with E-state index in [-0.39, 0.29) is 5.82 Å². The molecular formula is C7H4Br2FI. The number of rotatable bonds is 0. The molecule has 0 aliphatic carbocycles. The zero-order chi connectivity index (χ0) is 8.59. The van der Waals surface area contributed by atoms with Crippen LogP contribution in [-0.2, 0) is 0 Å². The first kappa shape index (κ1) is 9.92. The van der Waals surface area contributed by atoms with E-state index in [1.165, 1.54) is 0 Å². The normalized spacial score (nSPS) is 10.3. The maximum Gasteiger partial charge on any atom is 0.140 e. The van der Waals surface area contributed by atoms with Crippen molar-refractivity contribution in [2.75, 3.05) is 0 Å². The van der Waals surface area contributed by atoms with Gasteiger partial charge in [-0.2, -0.15) is 0 Å². The Morgan fingerprint density at radius 1 is 1.45 bits per heavy atom. The zero-order valence-corrected chi connectivity index (χ0v) is 10.9. The van der Waals surface area contributed by atoms with Crippen molar-refractivity contribution in [2.45, 2.75) is 6.92 Å². The molecule has 1 aromatic rings. The van der Waals surface area contributed by atoms with Crippen LogP contribution in [0.2, 0.25) is 0 Å². The van der Waals surface area contributed by atoms with E-state index < -0.39 is 0 Å². The van der Waals surface area contributed by atoms with Crippen LogP contribution in [0, 0.1) is 16.3 Å². The van der Waals surface area contributed by atoms with Crippen LogP contribution in [0.4, 0.5) is 4.39 Å². The first-order chi connectivity index (χ1) is 5.04. The molecule has 0 nitrogen and oxygen atoms in total. The van der Waals surface area contributed by atoms with Gasteiger partial charge in [0.05, 0.1) is 3.57 Å². The van der Waals surface area contributed by atoms with Gasteiger partial charge in [0.1, 0.15) is 5.82 Å². The van der Waals surface area contributed by atoms with E-state index in [0.717, 1.165) is 8.95 Å². The van der Waals surface area contributed by atoms with E-state index in [1.807, 2.05) is 22.6 Å². The minimum absolute atomic E-state index is 0.152. The molecule has 0 saturated heterocycles. The van der Waals surface area contributed by atoms with Gasteiger partial charge in [-0.3, -0.25) is 0 Å². The van der Waals surface area contributed by atoms with E-state index in [0.29, 0.717) is 9.13 Å². The number of hydrogen-bond acceptors (Lipinski definition) is 0. The Morgan fingerprint density at radius 3 is 2.55 bits per heavy atom. The van der Waals surface area contributed by atoms with Gasteiger partial charge in [0.2, 0.25) is 0 Å². The molecule has 0 aromatic heterocycles. The van der Waals surface area contributed by atoms with Crippen LogP contribution < -0.4 is 0 Å². The summed E-state index contributed by atoms with van der Waals surface area (Å²) in [5, 5.41) is 0. The topological polar surface area (TPSA) is 0 Å². The number of hydrogen-bond donors (Lipinski definition) is 0. The van der Waals surface area contributed by atoms with E-state index in [9.17, 15) is 4.39 Å². The minimum atomic E-state index is -0.152. The monoisotopic (exact) mass is 392 g/mol. The minimum Gasteiger partial charge on any atom is -0.205 e. The molecule has 0 aliphatic heterocycles. The van der Waals surface area contributed by atoms with Crippen molar-refractivity contribution in [1.29, 1.82) is 0 Å². The zero-order valence-electron chi connectivity index (χ0n) is 5.59. The third-order valence-electron chi connectivity index (χ3n) is 1.28. The van der Waals surface area contributed by atoms with Crippen LogP contribution in [0.15, 0.2) is 15.0 Å². The van der Waals surface area contributed by atoms with Crippen molar-refractivity contribution in [3.63, 3.8) is 0 Å². The summed E-state index contributed by atoms with van der Waals surface area (Å²) < 4.78 is 15.4. The van der Waals surface area contributed by atoms with Crippen molar-refractivity contribution in [3.8, 4) is 0 Å². The van der Waals surface area contributed by atoms with Gasteiger partial charge in [0.15, 0.2) is 0 Å². The highest BCUT2D eigenvalue weighted by atomic mass is 127. The maximum absolute atomic E-state index is 13.1. The van der Waals surface area contributed by atoms with Gasteiger partial charge in [-0.1, -0.05) is 0 Å². The third-order valence-corrected chi connectivity index (χ3v) is 5.02. The van der Waals surface area contributed by atoms with E-state index in [2.05, 4.69) is 31.9 Å². The van der Waals surface area contributed by atoms with Crippen molar-refractivity contribution in [3.05, 3.63) is 30.0 Å². The molecule has 60 valence electrons. The van der Waals surface area contributed by atoms with Crippen molar-refractivity contribution in [2.24, 2.45) is 0 Å². The van der Waals surface area contributed by atoms with Gasteiger partial charge < -0.3 is 0 Å². The van der Waals surface area contributed by atoms with Crippen LogP contribution in [0.3, 0.4) is 0 Å². The van der Waals surface area contributed by atoms with Crippen LogP contribution in [0.5, 0.6) is 0 Å². The standard InChI is InChI=1S/C7H4Br2FI/c1-3-2-4(8)5(9)7(11)6(3)10/h2H,1H3. The van der Waals surface area contributed by atoms with Gasteiger partial charge in [-0.25, -0.2) is 4.39 Å². The van der Waals surface area contributed by atoms with Gasteiger partial charge in [-0.15, -0.1) is 0 Å². The Morgan fingerprint density at radius 2 is 2.00 bits per heavy atom. The second kappa shape index (κ2) is 3.70. The summed E-state index contributed by atoms with van der Waals surface area (Å²) in [6, 6.07) is 1.75. The second-order valence-electron chi connectivity index (χ2n) is 2.12. The lowest BCUT2D eigenvalue weighted by molar-refractivity contribution is 0.609. The predicted octanol–water partition coefficient (Wildman–Crippen LogP) is 4.26. The predicted molar refractivity (Wildman–Crippen MR) is 59.3 cm³/mol. The molecule has 0 bridgehead atoms. The second-order valence-corrected chi connectivity index (χ2v) is 4.84. The highest BCUT2D eigenvalue weighted by molar-refractivity contribution is 14.1. The summed E-state index contributed by atoms with van der Waals surface area (Å²) in [4.78, 5) is 0. The number of benzene rings is 1. The Balaban J connectivity index is 3.46. The molecule has 1 rings (SSSR count). The summed E-state index contributed by atoms with van der Waals surface area (Å²) in [5.74, 6) is -0.152. The molecule has 0 fully saturated rings. The number of aryl methyl sites for hydroxylation is 1. The lowest BCUT2D eigenvalue weighted by atomic mass is 10.2. The average molecular weight is 394 g/mol. The third kappa shape index (κ3) is 1.95. The van der Waals surface area contributed by atoms with Gasteiger partial charge in [-0.05, 0) is 73.0 Å². The van der Waals surface area contributed by atoms with Crippen molar-refractivity contribution >= 4 is 54.5 Å². The molecule has 4 heteroatoms. The fraction of sp³-hybridized carbons (Fsp3) is 0.143. The summed E-state index contributed by atoms with van der Waals surface area (Å²) in [7, 11) is 0. The molecule has 0 amide bonds. The summed E-state index contributed by atoms with van der Waals surface area (Å²) in [6.45, 7) is 1.74. The Hall–Kier alpha value is 0.840. The molecule has 0 N–H and O–H groups in total. The molecule has 11 heavy (non-hydrogen) atoms. The highest BCUT2D eigenvalue weighted by Gasteiger charge is 2.09. The fourth-order valence-corrected chi connectivity index (χ4v) is 2.61. The number of halogens is 4. The summed E-state index contributed by atoms with van der Waals surface area (Å²) >= 11 is 8.55. The highest BCUT2D eigenvalue weighted by Crippen LogP contribution is 2.31. The average Bonchev–Trinajstić information content (AvgIpc) is 1.97. The molecular weight excluding hydrogens is 390 g/mol. The maximum atomic E-state index is 13.1. The molecule has 0 heterocycles. The SMILES string of the molecule is Cc1cc(Br)c(Br)c(I)c1F. The van der Waals surface area contributed by atoms with Gasteiger partial charge in [0, 0.05) is 8.95 Å². The first-order valence-corrected chi connectivity index (χ1v) is 5.50. The molecule has 0 aliphatic rings. The van der Waals surface area contributed by atoms with Gasteiger partial charge >= 0.3 is 0 Å². The van der Waals surface area contributed by atoms with E-state index in [1.54, 1.807) is 13.0 Å². The van der Waals surface area contributed by atoms with Crippen LogP contribution in [-0.4, -0.2) is 0 Å². The summed E-state index contributed by atoms with van der Waals surface area (Å²) in [6.07, 6.45) is 0. The Labute approximate surface area is 95.0 Å². The van der Waals surface area contributed by atoms with Crippen molar-refractivity contribution in [1.82, 2.24) is 0 Å². The molecule has 0 atom stereocenters. The van der Waals surface area contributed by atoms with E-state index >= 15 is 0 Å². The van der Waals surface area contributed by atoms with E-state index in [4.69, 9.17) is 0 Å². The molecule has 0 unspecified atom stereocenters. The van der Waals surface area contributed by atoms with Crippen molar-refractivity contribution < 1.29 is 4.39 Å². The molecule has 0 spiro atoms. The van der Waals surface area contributed by atoms with Crippen LogP contribution in [0.1, 0.15) is 5.56 Å². The quantitative estimate of drug-likeness (QED) is 0.351. The Bertz CT molecular complexity index is 273. The van der Waals surface area contributed by atoms with Crippen LogP contribution in [0.25, 0.3) is 0 Å². The van der Waals surface area contributed by atoms with Gasteiger partial charge in [0.25, 0.3) is 0 Å². The summed E-state index contributed by atoms with van der Waals surface area (Å²) in [5.41, 5.74) is 0.657. The molecule has 0 radical (unpaired) electrons. The smallest absolute Gasteiger partial charge is 0.140 e. The first-order valence-electron chi connectivity index (χ1n) is 2.83. The van der Waals surface area contributed by atoms with Crippen LogP contribution >= 0.6 is 54.5 Å². The fourth-order valence-electron chi connectivity index (χ4n) is 0.691. The molecule has 0 saturated carbocycles. The lowest BCUT2D eigenvalue weighted by Gasteiger charge is -2.03.